The summed E-state index contributed by atoms with van der Waals surface area (Å²) in [7, 11) is 0. The number of aromatic nitrogens is 1. The van der Waals surface area contributed by atoms with E-state index in [-0.39, 0.29) is 11.1 Å². The van der Waals surface area contributed by atoms with Crippen LogP contribution in [0.4, 0.5) is 4.39 Å². The molecule has 2 aromatic rings. The van der Waals surface area contributed by atoms with Gasteiger partial charge in [-0.1, -0.05) is 22.8 Å². The highest BCUT2D eigenvalue weighted by Gasteiger charge is 2.12. The van der Waals surface area contributed by atoms with Gasteiger partial charge >= 0.3 is 0 Å². The molecule has 1 atom stereocenters. The topological polar surface area (TPSA) is 38.1 Å². The summed E-state index contributed by atoms with van der Waals surface area (Å²) >= 11 is 5.67. The van der Waals surface area contributed by atoms with Gasteiger partial charge in [0.25, 0.3) is 0 Å². The van der Waals surface area contributed by atoms with Crippen LogP contribution in [0.25, 0.3) is 0 Å². The van der Waals surface area contributed by atoms with Crippen molar-refractivity contribution in [1.29, 1.82) is 0 Å². The molecule has 0 aliphatic heterocycles. The van der Waals surface area contributed by atoms with Crippen molar-refractivity contribution in [3.05, 3.63) is 51.6 Å². The fraction of sp³-hybridized carbons (Fsp3) is 0.357. The van der Waals surface area contributed by atoms with E-state index >= 15 is 0 Å². The van der Waals surface area contributed by atoms with E-state index in [1.165, 1.54) is 6.07 Å². The maximum atomic E-state index is 13.4. The van der Waals surface area contributed by atoms with E-state index in [0.29, 0.717) is 6.54 Å². The zero-order valence-corrected chi connectivity index (χ0v) is 11.9. The van der Waals surface area contributed by atoms with Gasteiger partial charge in [0.15, 0.2) is 0 Å². The summed E-state index contributed by atoms with van der Waals surface area (Å²) in [6.45, 7) is 6.39. The van der Waals surface area contributed by atoms with Crippen LogP contribution >= 0.6 is 11.6 Å². The van der Waals surface area contributed by atoms with Crippen molar-refractivity contribution in [2.75, 3.05) is 0 Å². The minimum Gasteiger partial charge on any atom is -0.361 e. The fourth-order valence-corrected chi connectivity index (χ4v) is 2.03. The Morgan fingerprint density at radius 1 is 1.42 bits per heavy atom. The monoisotopic (exact) mass is 282 g/mol. The second-order valence-corrected chi connectivity index (χ2v) is 4.99. The SMILES string of the molecule is Cc1noc(C)c1CNC(C)c1ccc(Cl)c(F)c1. The Balaban J connectivity index is 2.05. The Hall–Kier alpha value is -1.39. The fourth-order valence-electron chi connectivity index (χ4n) is 1.91. The molecule has 2 rings (SSSR count). The number of hydrogen-bond acceptors (Lipinski definition) is 3. The van der Waals surface area contributed by atoms with Crippen molar-refractivity contribution in [2.45, 2.75) is 33.4 Å². The van der Waals surface area contributed by atoms with Crippen LogP contribution in [-0.2, 0) is 6.54 Å². The molecular formula is C14H16ClFN2O. The molecule has 19 heavy (non-hydrogen) atoms. The van der Waals surface area contributed by atoms with Gasteiger partial charge in [-0.2, -0.15) is 0 Å². The van der Waals surface area contributed by atoms with E-state index in [0.717, 1.165) is 22.6 Å². The summed E-state index contributed by atoms with van der Waals surface area (Å²) in [6, 6.07) is 4.85. The summed E-state index contributed by atoms with van der Waals surface area (Å²) < 4.78 is 18.5. The number of hydrogen-bond donors (Lipinski definition) is 1. The van der Waals surface area contributed by atoms with Gasteiger partial charge < -0.3 is 9.84 Å². The molecule has 0 aliphatic carbocycles. The van der Waals surface area contributed by atoms with E-state index in [4.69, 9.17) is 16.1 Å². The highest BCUT2D eigenvalue weighted by molar-refractivity contribution is 6.30. The first-order valence-electron chi connectivity index (χ1n) is 6.09. The summed E-state index contributed by atoms with van der Waals surface area (Å²) in [5.41, 5.74) is 2.77. The van der Waals surface area contributed by atoms with Gasteiger partial charge in [-0.25, -0.2) is 4.39 Å². The van der Waals surface area contributed by atoms with E-state index in [9.17, 15) is 4.39 Å². The first kappa shape index (κ1) is 14.0. The maximum Gasteiger partial charge on any atom is 0.142 e. The largest absolute Gasteiger partial charge is 0.361 e. The summed E-state index contributed by atoms with van der Waals surface area (Å²) in [4.78, 5) is 0. The average molecular weight is 283 g/mol. The molecule has 0 saturated heterocycles. The third-order valence-electron chi connectivity index (χ3n) is 3.21. The van der Waals surface area contributed by atoms with Gasteiger partial charge in [-0.05, 0) is 38.5 Å². The Labute approximate surface area is 116 Å². The molecule has 1 heterocycles. The number of benzene rings is 1. The zero-order valence-electron chi connectivity index (χ0n) is 11.1. The molecule has 102 valence electrons. The molecular weight excluding hydrogens is 267 g/mol. The van der Waals surface area contributed by atoms with Crippen molar-refractivity contribution in [3.63, 3.8) is 0 Å². The van der Waals surface area contributed by atoms with Crippen molar-refractivity contribution in [3.8, 4) is 0 Å². The lowest BCUT2D eigenvalue weighted by Crippen LogP contribution is -2.18. The summed E-state index contributed by atoms with van der Waals surface area (Å²) in [5.74, 6) is 0.407. The molecule has 0 saturated carbocycles. The molecule has 0 aliphatic rings. The number of nitrogens with zero attached hydrogens (tertiary/aromatic N) is 1. The second kappa shape index (κ2) is 5.72. The first-order chi connectivity index (χ1) is 8.99. The molecule has 0 spiro atoms. The average Bonchev–Trinajstić information content (AvgIpc) is 2.69. The first-order valence-corrected chi connectivity index (χ1v) is 6.47. The van der Waals surface area contributed by atoms with Crippen molar-refractivity contribution in [1.82, 2.24) is 10.5 Å². The Morgan fingerprint density at radius 3 is 2.74 bits per heavy atom. The molecule has 1 aromatic carbocycles. The summed E-state index contributed by atoms with van der Waals surface area (Å²) in [6.07, 6.45) is 0. The number of aryl methyl sites for hydroxylation is 2. The molecule has 1 aromatic heterocycles. The molecule has 5 heteroatoms. The van der Waals surface area contributed by atoms with Crippen LogP contribution in [0.15, 0.2) is 22.7 Å². The smallest absolute Gasteiger partial charge is 0.142 e. The van der Waals surface area contributed by atoms with Crippen molar-refractivity contribution >= 4 is 11.6 Å². The molecule has 0 fully saturated rings. The van der Waals surface area contributed by atoms with E-state index in [1.807, 2.05) is 26.8 Å². The molecule has 0 amide bonds. The molecule has 3 nitrogen and oxygen atoms in total. The van der Waals surface area contributed by atoms with E-state index in [1.54, 1.807) is 6.07 Å². The molecule has 1 N–H and O–H groups in total. The molecule has 0 bridgehead atoms. The van der Waals surface area contributed by atoms with Gasteiger partial charge in [0.1, 0.15) is 11.6 Å². The Bertz CT molecular complexity index is 563. The van der Waals surface area contributed by atoms with E-state index < -0.39 is 5.82 Å². The minimum absolute atomic E-state index is 0.0143. The van der Waals surface area contributed by atoms with Crippen LogP contribution in [0.1, 0.15) is 35.5 Å². The van der Waals surface area contributed by atoms with Crippen molar-refractivity contribution < 1.29 is 8.91 Å². The van der Waals surface area contributed by atoms with Crippen LogP contribution in [-0.4, -0.2) is 5.16 Å². The lowest BCUT2D eigenvalue weighted by Gasteiger charge is -2.14. The molecule has 1 unspecified atom stereocenters. The second-order valence-electron chi connectivity index (χ2n) is 4.58. The Morgan fingerprint density at radius 2 is 2.16 bits per heavy atom. The lowest BCUT2D eigenvalue weighted by atomic mass is 10.1. The highest BCUT2D eigenvalue weighted by atomic mass is 35.5. The molecule has 0 radical (unpaired) electrons. The normalized spacial score (nSPS) is 12.7. The third kappa shape index (κ3) is 3.14. The minimum atomic E-state index is -0.398. The third-order valence-corrected chi connectivity index (χ3v) is 3.52. The number of halogens is 2. The number of rotatable bonds is 4. The van der Waals surface area contributed by atoms with Crippen LogP contribution in [0.2, 0.25) is 5.02 Å². The van der Waals surface area contributed by atoms with Crippen LogP contribution in [0.3, 0.4) is 0 Å². The van der Waals surface area contributed by atoms with Crippen LogP contribution in [0.5, 0.6) is 0 Å². The number of nitrogens with one attached hydrogen (secondary N) is 1. The summed E-state index contributed by atoms with van der Waals surface area (Å²) in [5, 5.41) is 7.36. The Kier molecular flexibility index (Phi) is 4.22. The van der Waals surface area contributed by atoms with Gasteiger partial charge in [0, 0.05) is 18.2 Å². The van der Waals surface area contributed by atoms with Crippen LogP contribution < -0.4 is 5.32 Å². The predicted octanol–water partition coefficient (Wildman–Crippen LogP) is 3.93. The van der Waals surface area contributed by atoms with Gasteiger partial charge in [0.05, 0.1) is 10.7 Å². The van der Waals surface area contributed by atoms with Gasteiger partial charge in [-0.3, -0.25) is 0 Å². The van der Waals surface area contributed by atoms with Crippen LogP contribution in [0, 0.1) is 19.7 Å². The standard InChI is InChI=1S/C14H16ClFN2O/c1-8(11-4-5-13(15)14(16)6-11)17-7-12-9(2)18-19-10(12)3/h4-6,8,17H,7H2,1-3H3. The highest BCUT2D eigenvalue weighted by Crippen LogP contribution is 2.21. The van der Waals surface area contributed by atoms with E-state index in [2.05, 4.69) is 10.5 Å². The lowest BCUT2D eigenvalue weighted by molar-refractivity contribution is 0.391. The predicted molar refractivity (Wildman–Crippen MR) is 72.6 cm³/mol. The van der Waals surface area contributed by atoms with Gasteiger partial charge in [0.2, 0.25) is 0 Å². The van der Waals surface area contributed by atoms with Crippen molar-refractivity contribution in [2.24, 2.45) is 0 Å². The maximum absolute atomic E-state index is 13.4. The zero-order chi connectivity index (χ0) is 14.0. The van der Waals surface area contributed by atoms with Gasteiger partial charge in [-0.15, -0.1) is 0 Å². The quantitative estimate of drug-likeness (QED) is 0.923.